The van der Waals surface area contributed by atoms with E-state index in [1.165, 1.54) is 25.1 Å². The first-order valence-electron chi connectivity index (χ1n) is 5.61. The Morgan fingerprint density at radius 2 is 2.24 bits per heavy atom. The molecule has 2 heterocycles. The fraction of sp³-hybridized carbons (Fsp3) is 0.333. The first kappa shape index (κ1) is 10.4. The number of rotatable bonds is 4. The number of nitrogens with one attached hydrogen (secondary N) is 1. The summed E-state index contributed by atoms with van der Waals surface area (Å²) in [6.45, 7) is 0.694. The fourth-order valence-electron chi connectivity index (χ4n) is 1.70. The van der Waals surface area contributed by atoms with Gasteiger partial charge in [-0.2, -0.15) is 0 Å². The summed E-state index contributed by atoms with van der Waals surface area (Å²) in [6.07, 6.45) is 6.85. The van der Waals surface area contributed by atoms with Crippen LogP contribution in [0.3, 0.4) is 0 Å². The zero-order valence-corrected chi connectivity index (χ0v) is 9.19. The Morgan fingerprint density at radius 3 is 3.00 bits per heavy atom. The maximum absolute atomic E-state index is 13.1. The van der Waals surface area contributed by atoms with Crippen LogP contribution in [-0.2, 0) is 6.54 Å². The lowest BCUT2D eigenvalue weighted by Crippen LogP contribution is -2.15. The number of halogens is 1. The molecule has 1 aliphatic carbocycles. The van der Waals surface area contributed by atoms with Gasteiger partial charge in [0.25, 0.3) is 0 Å². The van der Waals surface area contributed by atoms with Crippen LogP contribution in [0, 0.1) is 5.82 Å². The van der Waals surface area contributed by atoms with Gasteiger partial charge < -0.3 is 9.84 Å². The summed E-state index contributed by atoms with van der Waals surface area (Å²) in [4.78, 5) is 3.81. The third kappa shape index (κ3) is 2.34. The number of pyridine rings is 1. The van der Waals surface area contributed by atoms with Gasteiger partial charge in [-0.25, -0.2) is 4.39 Å². The van der Waals surface area contributed by atoms with Gasteiger partial charge in [-0.3, -0.25) is 4.98 Å². The van der Waals surface area contributed by atoms with Crippen molar-refractivity contribution in [1.82, 2.24) is 15.5 Å². The first-order valence-corrected chi connectivity index (χ1v) is 5.61. The van der Waals surface area contributed by atoms with E-state index in [1.807, 2.05) is 0 Å². The van der Waals surface area contributed by atoms with Gasteiger partial charge >= 0.3 is 0 Å². The van der Waals surface area contributed by atoms with Crippen LogP contribution >= 0.6 is 0 Å². The van der Waals surface area contributed by atoms with Crippen molar-refractivity contribution in [2.24, 2.45) is 0 Å². The van der Waals surface area contributed by atoms with Crippen LogP contribution in [0.1, 0.15) is 18.4 Å². The normalized spacial score (nSPS) is 15.1. The summed E-state index contributed by atoms with van der Waals surface area (Å²) in [7, 11) is 0. The molecule has 4 nitrogen and oxygen atoms in total. The lowest BCUT2D eigenvalue weighted by Gasteiger charge is -2.02. The predicted molar refractivity (Wildman–Crippen MR) is 59.6 cm³/mol. The lowest BCUT2D eigenvalue weighted by molar-refractivity contribution is 0.431. The quantitative estimate of drug-likeness (QED) is 0.878. The molecule has 0 atom stereocenters. The van der Waals surface area contributed by atoms with Crippen molar-refractivity contribution in [2.45, 2.75) is 25.4 Å². The first-order chi connectivity index (χ1) is 8.33. The number of nitrogens with zero attached hydrogens (tertiary/aromatic N) is 2. The van der Waals surface area contributed by atoms with Gasteiger partial charge in [0.15, 0.2) is 5.76 Å². The lowest BCUT2D eigenvalue weighted by atomic mass is 10.1. The zero-order valence-electron chi connectivity index (χ0n) is 9.19. The molecule has 3 rings (SSSR count). The molecular formula is C12H12FN3O. The summed E-state index contributed by atoms with van der Waals surface area (Å²) < 4.78 is 18.2. The Hall–Kier alpha value is -1.75. The molecule has 0 aliphatic heterocycles. The van der Waals surface area contributed by atoms with Crippen molar-refractivity contribution >= 4 is 0 Å². The van der Waals surface area contributed by atoms with Crippen LogP contribution < -0.4 is 5.32 Å². The van der Waals surface area contributed by atoms with Gasteiger partial charge in [-0.15, -0.1) is 0 Å². The molecule has 1 N–H and O–H groups in total. The second-order valence-electron chi connectivity index (χ2n) is 4.23. The van der Waals surface area contributed by atoms with Crippen molar-refractivity contribution in [3.05, 3.63) is 36.0 Å². The average molecular weight is 233 g/mol. The summed E-state index contributed by atoms with van der Waals surface area (Å²) >= 11 is 0. The Kier molecular flexibility index (Phi) is 2.60. The van der Waals surface area contributed by atoms with Crippen LogP contribution in [0.15, 0.2) is 29.2 Å². The molecule has 5 heteroatoms. The molecular weight excluding hydrogens is 221 g/mol. The summed E-state index contributed by atoms with van der Waals surface area (Å²) in [6, 6.07) is 2.01. The molecule has 0 bridgehead atoms. The van der Waals surface area contributed by atoms with Crippen LogP contribution in [0.2, 0.25) is 0 Å². The summed E-state index contributed by atoms with van der Waals surface area (Å²) in [5, 5.41) is 7.13. The molecule has 17 heavy (non-hydrogen) atoms. The molecule has 0 saturated heterocycles. The Balaban J connectivity index is 1.83. The highest BCUT2D eigenvalue weighted by atomic mass is 19.1. The molecule has 0 unspecified atom stereocenters. The average Bonchev–Trinajstić information content (AvgIpc) is 3.04. The van der Waals surface area contributed by atoms with E-state index in [-0.39, 0.29) is 5.82 Å². The van der Waals surface area contributed by atoms with Gasteiger partial charge in [-0.1, -0.05) is 5.16 Å². The second-order valence-corrected chi connectivity index (χ2v) is 4.23. The second kappa shape index (κ2) is 4.25. The van der Waals surface area contributed by atoms with E-state index in [0.717, 1.165) is 5.56 Å². The van der Waals surface area contributed by atoms with E-state index in [2.05, 4.69) is 15.5 Å². The highest BCUT2D eigenvalue weighted by Crippen LogP contribution is 2.25. The summed E-state index contributed by atoms with van der Waals surface area (Å²) in [5.74, 6) is 0.213. The molecule has 2 aromatic heterocycles. The Morgan fingerprint density at radius 1 is 1.35 bits per heavy atom. The van der Waals surface area contributed by atoms with Crippen molar-refractivity contribution in [3.63, 3.8) is 0 Å². The van der Waals surface area contributed by atoms with Crippen LogP contribution in [-0.4, -0.2) is 16.2 Å². The van der Waals surface area contributed by atoms with E-state index in [9.17, 15) is 4.39 Å². The third-order valence-electron chi connectivity index (χ3n) is 2.77. The van der Waals surface area contributed by atoms with E-state index in [0.29, 0.717) is 23.9 Å². The van der Waals surface area contributed by atoms with Gasteiger partial charge in [0, 0.05) is 29.9 Å². The monoisotopic (exact) mass is 233 g/mol. The standard InChI is InChI=1S/C12H12FN3O/c13-10-3-8(4-14-7-10)12-9(6-16-17-12)5-15-11-1-2-11/h3-4,6-7,11,15H,1-2,5H2. The SMILES string of the molecule is Fc1cncc(-c2oncc2CNC2CC2)c1. The Bertz CT molecular complexity index is 522. The molecule has 88 valence electrons. The van der Waals surface area contributed by atoms with E-state index >= 15 is 0 Å². The number of hydrogen-bond acceptors (Lipinski definition) is 4. The highest BCUT2D eigenvalue weighted by Gasteiger charge is 2.21. The molecule has 0 spiro atoms. The minimum absolute atomic E-state index is 0.375. The third-order valence-corrected chi connectivity index (χ3v) is 2.77. The summed E-state index contributed by atoms with van der Waals surface area (Å²) in [5.41, 5.74) is 1.55. The van der Waals surface area contributed by atoms with E-state index < -0.39 is 0 Å². The van der Waals surface area contributed by atoms with Crippen molar-refractivity contribution < 1.29 is 8.91 Å². The molecule has 1 fully saturated rings. The van der Waals surface area contributed by atoms with E-state index in [1.54, 1.807) is 12.4 Å². The van der Waals surface area contributed by atoms with Crippen LogP contribution in [0.4, 0.5) is 4.39 Å². The Labute approximate surface area is 97.8 Å². The molecule has 0 aromatic carbocycles. The smallest absolute Gasteiger partial charge is 0.172 e. The van der Waals surface area contributed by atoms with Gasteiger partial charge in [0.2, 0.25) is 0 Å². The molecule has 0 amide bonds. The zero-order chi connectivity index (χ0) is 11.7. The fourth-order valence-corrected chi connectivity index (χ4v) is 1.70. The van der Waals surface area contributed by atoms with Crippen LogP contribution in [0.5, 0.6) is 0 Å². The van der Waals surface area contributed by atoms with Crippen molar-refractivity contribution in [1.29, 1.82) is 0 Å². The minimum Gasteiger partial charge on any atom is -0.356 e. The number of hydrogen-bond donors (Lipinski definition) is 1. The number of aromatic nitrogens is 2. The molecule has 0 radical (unpaired) electrons. The largest absolute Gasteiger partial charge is 0.356 e. The topological polar surface area (TPSA) is 51.0 Å². The highest BCUT2D eigenvalue weighted by molar-refractivity contribution is 5.59. The molecule has 1 saturated carbocycles. The van der Waals surface area contributed by atoms with Gasteiger partial charge in [0.1, 0.15) is 5.82 Å². The minimum atomic E-state index is -0.375. The maximum atomic E-state index is 13.1. The van der Waals surface area contributed by atoms with E-state index in [4.69, 9.17) is 4.52 Å². The van der Waals surface area contributed by atoms with Gasteiger partial charge in [-0.05, 0) is 18.9 Å². The molecule has 1 aliphatic rings. The predicted octanol–water partition coefficient (Wildman–Crippen LogP) is 2.13. The van der Waals surface area contributed by atoms with Crippen LogP contribution in [0.25, 0.3) is 11.3 Å². The van der Waals surface area contributed by atoms with Crippen molar-refractivity contribution in [2.75, 3.05) is 0 Å². The van der Waals surface area contributed by atoms with Crippen molar-refractivity contribution in [3.8, 4) is 11.3 Å². The maximum Gasteiger partial charge on any atom is 0.172 e. The van der Waals surface area contributed by atoms with Gasteiger partial charge in [0.05, 0.1) is 12.4 Å². The molecule has 2 aromatic rings.